The minimum Gasteiger partial charge on any atom is -0.598 e. The van der Waals surface area contributed by atoms with Gasteiger partial charge in [0.25, 0.3) is 0 Å². The standard InChI is InChI=1S/C19H34BrN3O2SSi/c1-18(2,3)26(24)23-17(15-11-21-12-16(20)22-15)13-9-14(10-13)25-27(7,8)19(4,5)6/h11-14,17,23H,9-10H2,1-8H3/t13?,14?,17-,26?/m0/s1. The fourth-order valence-corrected chi connectivity index (χ4v) is 5.36. The van der Waals surface area contributed by atoms with E-state index in [2.05, 4.69) is 64.5 Å². The molecule has 154 valence electrons. The van der Waals surface area contributed by atoms with Gasteiger partial charge in [-0.3, -0.25) is 4.98 Å². The number of rotatable bonds is 6. The predicted molar refractivity (Wildman–Crippen MR) is 118 cm³/mol. The first-order valence-electron chi connectivity index (χ1n) is 9.54. The molecule has 1 heterocycles. The van der Waals surface area contributed by atoms with Gasteiger partial charge in [-0.15, -0.1) is 4.72 Å². The van der Waals surface area contributed by atoms with Crippen molar-refractivity contribution in [1.82, 2.24) is 14.7 Å². The first-order chi connectivity index (χ1) is 12.2. The number of aromatic nitrogens is 2. The maximum Gasteiger partial charge on any atom is 0.192 e. The van der Waals surface area contributed by atoms with Crippen LogP contribution in [0.25, 0.3) is 0 Å². The van der Waals surface area contributed by atoms with Crippen LogP contribution >= 0.6 is 15.9 Å². The van der Waals surface area contributed by atoms with Gasteiger partial charge in [0.2, 0.25) is 0 Å². The number of nitrogens with zero attached hydrogens (tertiary/aromatic N) is 2. The van der Waals surface area contributed by atoms with E-state index in [9.17, 15) is 4.55 Å². The average Bonchev–Trinajstić information content (AvgIpc) is 2.46. The molecule has 1 aliphatic carbocycles. The average molecular weight is 477 g/mol. The molecule has 0 bridgehead atoms. The van der Waals surface area contributed by atoms with Crippen LogP contribution in [0.1, 0.15) is 66.1 Å². The Bertz CT molecular complexity index is 643. The molecule has 0 aliphatic heterocycles. The molecule has 0 amide bonds. The van der Waals surface area contributed by atoms with E-state index in [1.165, 1.54) is 0 Å². The van der Waals surface area contributed by atoms with Crippen molar-refractivity contribution in [2.24, 2.45) is 5.92 Å². The summed E-state index contributed by atoms with van der Waals surface area (Å²) in [4.78, 5) is 8.83. The maximum atomic E-state index is 12.7. The fourth-order valence-electron chi connectivity index (χ4n) is 2.76. The maximum absolute atomic E-state index is 12.7. The van der Waals surface area contributed by atoms with E-state index >= 15 is 0 Å². The molecule has 1 unspecified atom stereocenters. The minimum atomic E-state index is -1.77. The second-order valence-corrected chi connectivity index (χ2v) is 17.5. The van der Waals surface area contributed by atoms with Crippen molar-refractivity contribution in [1.29, 1.82) is 0 Å². The van der Waals surface area contributed by atoms with E-state index < -0.39 is 19.7 Å². The third-order valence-corrected chi connectivity index (χ3v) is 12.1. The molecule has 1 N–H and O–H groups in total. The zero-order valence-corrected chi connectivity index (χ0v) is 21.2. The van der Waals surface area contributed by atoms with Crippen LogP contribution in [0.5, 0.6) is 0 Å². The highest BCUT2D eigenvalue weighted by Gasteiger charge is 2.46. The second-order valence-electron chi connectivity index (χ2n) is 9.97. The molecule has 1 aromatic heterocycles. The first-order valence-corrected chi connectivity index (χ1v) is 14.4. The molecular formula is C19H34BrN3O2SSi. The van der Waals surface area contributed by atoms with Gasteiger partial charge in [-0.05, 0) is 73.6 Å². The summed E-state index contributed by atoms with van der Waals surface area (Å²) in [7, 11) is -1.77. The first kappa shape index (κ1) is 23.3. The van der Waals surface area contributed by atoms with Crippen LogP contribution in [0.2, 0.25) is 18.1 Å². The lowest BCUT2D eigenvalue weighted by atomic mass is 9.76. The lowest BCUT2D eigenvalue weighted by molar-refractivity contribution is 0.0364. The molecule has 2 rings (SSSR count). The van der Waals surface area contributed by atoms with Crippen molar-refractivity contribution in [3.8, 4) is 0 Å². The summed E-state index contributed by atoms with van der Waals surface area (Å²) in [6.07, 6.45) is 5.64. The van der Waals surface area contributed by atoms with Gasteiger partial charge in [-0.1, -0.05) is 20.8 Å². The molecule has 5 nitrogen and oxygen atoms in total. The summed E-state index contributed by atoms with van der Waals surface area (Å²) < 4.78 is 23.0. The van der Waals surface area contributed by atoms with Gasteiger partial charge in [0.1, 0.15) is 9.35 Å². The third-order valence-electron chi connectivity index (χ3n) is 5.60. The summed E-state index contributed by atoms with van der Waals surface area (Å²) in [6.45, 7) is 17.3. The lowest BCUT2D eigenvalue weighted by Crippen LogP contribution is -2.51. The van der Waals surface area contributed by atoms with Gasteiger partial charge < -0.3 is 8.98 Å². The van der Waals surface area contributed by atoms with Crippen molar-refractivity contribution in [3.63, 3.8) is 0 Å². The third kappa shape index (κ3) is 5.99. The summed E-state index contributed by atoms with van der Waals surface area (Å²) in [6, 6.07) is -0.0886. The quantitative estimate of drug-likeness (QED) is 0.455. The monoisotopic (exact) mass is 475 g/mol. The number of nitrogens with one attached hydrogen (secondary N) is 1. The summed E-state index contributed by atoms with van der Waals surface area (Å²) in [5.74, 6) is 0.342. The Morgan fingerprint density at radius 3 is 2.30 bits per heavy atom. The summed E-state index contributed by atoms with van der Waals surface area (Å²) in [5.41, 5.74) is 0.831. The van der Waals surface area contributed by atoms with E-state index in [4.69, 9.17) is 4.43 Å². The topological polar surface area (TPSA) is 70.1 Å². The van der Waals surface area contributed by atoms with E-state index in [0.717, 1.165) is 18.5 Å². The van der Waals surface area contributed by atoms with Gasteiger partial charge in [-0.2, -0.15) is 0 Å². The molecule has 27 heavy (non-hydrogen) atoms. The predicted octanol–water partition coefficient (Wildman–Crippen LogP) is 5.13. The van der Waals surface area contributed by atoms with Gasteiger partial charge in [0.05, 0.1) is 24.1 Å². The van der Waals surface area contributed by atoms with Crippen molar-refractivity contribution in [2.75, 3.05) is 0 Å². The molecule has 1 saturated carbocycles. The molecule has 0 saturated heterocycles. The van der Waals surface area contributed by atoms with Crippen LogP contribution in [0, 0.1) is 5.92 Å². The van der Waals surface area contributed by atoms with Gasteiger partial charge in [-0.25, -0.2) is 4.98 Å². The zero-order valence-electron chi connectivity index (χ0n) is 17.8. The molecule has 8 heteroatoms. The minimum absolute atomic E-state index is 0.0886. The smallest absolute Gasteiger partial charge is 0.192 e. The van der Waals surface area contributed by atoms with E-state index in [1.807, 2.05) is 20.8 Å². The molecule has 2 atom stereocenters. The van der Waals surface area contributed by atoms with Gasteiger partial charge in [0.15, 0.2) is 8.32 Å². The Morgan fingerprint density at radius 1 is 1.22 bits per heavy atom. The van der Waals surface area contributed by atoms with Crippen LogP contribution in [-0.4, -0.2) is 33.7 Å². The second kappa shape index (κ2) is 8.40. The Morgan fingerprint density at radius 2 is 1.81 bits per heavy atom. The van der Waals surface area contributed by atoms with Crippen LogP contribution < -0.4 is 4.72 Å². The number of halogens is 1. The molecule has 1 fully saturated rings. The van der Waals surface area contributed by atoms with Crippen LogP contribution in [0.4, 0.5) is 0 Å². The summed E-state index contributed by atoms with van der Waals surface area (Å²) in [5, 5.41) is 0.208. The fraction of sp³-hybridized carbons (Fsp3) is 0.789. The van der Waals surface area contributed by atoms with Crippen LogP contribution in [-0.2, 0) is 15.8 Å². The van der Waals surface area contributed by atoms with Crippen LogP contribution in [0.3, 0.4) is 0 Å². The van der Waals surface area contributed by atoms with Gasteiger partial charge >= 0.3 is 0 Å². The Balaban J connectivity index is 2.10. The van der Waals surface area contributed by atoms with Crippen molar-refractivity contribution >= 4 is 35.6 Å². The molecule has 0 spiro atoms. The largest absolute Gasteiger partial charge is 0.598 e. The number of hydrogen-bond acceptors (Lipinski definition) is 5. The summed E-state index contributed by atoms with van der Waals surface area (Å²) >= 11 is 2.23. The Kier molecular flexibility index (Phi) is 7.24. The van der Waals surface area contributed by atoms with Crippen LogP contribution in [0.15, 0.2) is 17.0 Å². The Labute approximate surface area is 177 Å². The molecule has 1 aliphatic rings. The van der Waals surface area contributed by atoms with E-state index in [0.29, 0.717) is 10.5 Å². The van der Waals surface area contributed by atoms with E-state index in [1.54, 1.807) is 12.4 Å². The van der Waals surface area contributed by atoms with Gasteiger partial charge in [0, 0.05) is 17.5 Å². The highest BCUT2D eigenvalue weighted by Crippen LogP contribution is 2.45. The molecule has 1 aromatic rings. The highest BCUT2D eigenvalue weighted by atomic mass is 79.9. The lowest BCUT2D eigenvalue weighted by Gasteiger charge is -2.46. The molecule has 0 aromatic carbocycles. The van der Waals surface area contributed by atoms with Crippen molar-refractivity contribution in [2.45, 2.75) is 89.4 Å². The van der Waals surface area contributed by atoms with E-state index in [-0.39, 0.29) is 21.9 Å². The molecular weight excluding hydrogens is 442 g/mol. The van der Waals surface area contributed by atoms with Crippen molar-refractivity contribution in [3.05, 3.63) is 22.7 Å². The number of hydrogen-bond donors (Lipinski definition) is 1. The zero-order chi connectivity index (χ0) is 20.6. The highest BCUT2D eigenvalue weighted by molar-refractivity contribution is 9.10. The SMILES string of the molecule is CC(C)(C)[S+]([O-])N[C@H](c1cncc(Br)n1)C1CC(O[Si](C)(C)C(C)(C)C)C1. The van der Waals surface area contributed by atoms with Crippen molar-refractivity contribution < 1.29 is 8.98 Å². The normalized spacial score (nSPS) is 23.6. The molecule has 0 radical (unpaired) electrons. The Hall–Kier alpha value is 0.00688.